The molecule has 0 N–H and O–H groups in total. The van der Waals surface area contributed by atoms with Crippen LogP contribution in [0.2, 0.25) is 0 Å². The number of rotatable bonds is 10. The van der Waals surface area contributed by atoms with Crippen LogP contribution in [0.4, 0.5) is 4.39 Å². The smallest absolute Gasteiger partial charge is 0.125 e. The summed E-state index contributed by atoms with van der Waals surface area (Å²) in [7, 11) is 0. The molecule has 1 atom stereocenters. The standard InChI is InChI=1S/C28H33F/c1-3-5-7-9-22-13-15-23(16-14-22)24-17-19-25(20-18-24)26-10-8-11-27(21-26)28(29)12-6-4-2/h8,10-11,13-21,28H,3-7,9,12H2,1-2H3. The van der Waals surface area contributed by atoms with E-state index < -0.39 is 6.17 Å². The lowest BCUT2D eigenvalue weighted by molar-refractivity contribution is 0.316. The summed E-state index contributed by atoms with van der Waals surface area (Å²) in [6.07, 6.45) is 6.68. The van der Waals surface area contributed by atoms with Gasteiger partial charge in [-0.1, -0.05) is 106 Å². The van der Waals surface area contributed by atoms with Crippen LogP contribution >= 0.6 is 0 Å². The SMILES string of the molecule is CCCCCc1ccc(-c2ccc(-c3cccc(C(F)CCCC)c3)cc2)cc1. The van der Waals surface area contributed by atoms with Gasteiger partial charge < -0.3 is 0 Å². The van der Waals surface area contributed by atoms with Gasteiger partial charge in [0.05, 0.1) is 0 Å². The molecule has 0 nitrogen and oxygen atoms in total. The fraction of sp³-hybridized carbons (Fsp3) is 0.357. The van der Waals surface area contributed by atoms with Crippen LogP contribution in [0.1, 0.15) is 69.7 Å². The number of alkyl halides is 1. The van der Waals surface area contributed by atoms with Crippen LogP contribution in [0.25, 0.3) is 22.3 Å². The van der Waals surface area contributed by atoms with Crippen molar-refractivity contribution < 1.29 is 4.39 Å². The fourth-order valence-electron chi connectivity index (χ4n) is 3.76. The average molecular weight is 389 g/mol. The Morgan fingerprint density at radius 1 is 0.655 bits per heavy atom. The predicted octanol–water partition coefficient (Wildman–Crippen LogP) is 8.95. The van der Waals surface area contributed by atoms with Crippen LogP contribution in [0.15, 0.2) is 72.8 Å². The molecule has 0 bridgehead atoms. The predicted molar refractivity (Wildman–Crippen MR) is 124 cm³/mol. The van der Waals surface area contributed by atoms with Gasteiger partial charge in [-0.25, -0.2) is 4.39 Å². The van der Waals surface area contributed by atoms with Crippen molar-refractivity contribution >= 4 is 0 Å². The van der Waals surface area contributed by atoms with Crippen molar-refractivity contribution in [2.45, 2.75) is 65.0 Å². The quantitative estimate of drug-likeness (QED) is 0.304. The Hall–Kier alpha value is -2.41. The molecule has 0 saturated carbocycles. The van der Waals surface area contributed by atoms with Crippen molar-refractivity contribution in [2.24, 2.45) is 0 Å². The fourth-order valence-corrected chi connectivity index (χ4v) is 3.76. The molecule has 1 heteroatoms. The zero-order valence-electron chi connectivity index (χ0n) is 17.8. The monoisotopic (exact) mass is 388 g/mol. The van der Waals surface area contributed by atoms with Crippen LogP contribution in [0, 0.1) is 0 Å². The number of hydrogen-bond acceptors (Lipinski definition) is 0. The Morgan fingerprint density at radius 3 is 1.86 bits per heavy atom. The van der Waals surface area contributed by atoms with E-state index in [0.717, 1.165) is 36.0 Å². The van der Waals surface area contributed by atoms with E-state index in [1.54, 1.807) is 0 Å². The molecule has 0 spiro atoms. The van der Waals surface area contributed by atoms with E-state index in [4.69, 9.17) is 0 Å². The summed E-state index contributed by atoms with van der Waals surface area (Å²) < 4.78 is 14.4. The van der Waals surface area contributed by atoms with Gasteiger partial charge in [0.15, 0.2) is 0 Å². The molecular weight excluding hydrogens is 355 g/mol. The first-order valence-electron chi connectivity index (χ1n) is 11.1. The van der Waals surface area contributed by atoms with Crippen molar-refractivity contribution in [3.05, 3.63) is 83.9 Å². The molecule has 29 heavy (non-hydrogen) atoms. The second kappa shape index (κ2) is 11.0. The van der Waals surface area contributed by atoms with Crippen molar-refractivity contribution in [3.8, 4) is 22.3 Å². The molecule has 0 heterocycles. The highest BCUT2D eigenvalue weighted by Crippen LogP contribution is 2.29. The van der Waals surface area contributed by atoms with E-state index in [9.17, 15) is 4.39 Å². The lowest BCUT2D eigenvalue weighted by atomic mass is 9.96. The first-order chi connectivity index (χ1) is 14.2. The van der Waals surface area contributed by atoms with E-state index in [1.807, 2.05) is 18.2 Å². The maximum Gasteiger partial charge on any atom is 0.125 e. The van der Waals surface area contributed by atoms with Crippen LogP contribution in [-0.2, 0) is 6.42 Å². The summed E-state index contributed by atoms with van der Waals surface area (Å²) in [6.45, 7) is 4.34. The van der Waals surface area contributed by atoms with Crippen molar-refractivity contribution in [1.29, 1.82) is 0 Å². The van der Waals surface area contributed by atoms with Gasteiger partial charge in [-0.3, -0.25) is 0 Å². The highest BCUT2D eigenvalue weighted by Gasteiger charge is 2.10. The molecule has 0 radical (unpaired) electrons. The summed E-state index contributed by atoms with van der Waals surface area (Å²) in [4.78, 5) is 0. The van der Waals surface area contributed by atoms with Gasteiger partial charge in [-0.15, -0.1) is 0 Å². The van der Waals surface area contributed by atoms with Crippen molar-refractivity contribution in [1.82, 2.24) is 0 Å². The molecule has 1 unspecified atom stereocenters. The molecule has 3 aromatic carbocycles. The maximum atomic E-state index is 14.4. The highest BCUT2D eigenvalue weighted by atomic mass is 19.1. The minimum atomic E-state index is -0.870. The van der Waals surface area contributed by atoms with E-state index in [-0.39, 0.29) is 0 Å². The number of hydrogen-bond donors (Lipinski definition) is 0. The number of benzene rings is 3. The Bertz CT molecular complexity index is 862. The van der Waals surface area contributed by atoms with Crippen molar-refractivity contribution in [3.63, 3.8) is 0 Å². The Morgan fingerprint density at radius 2 is 1.24 bits per heavy atom. The van der Waals surface area contributed by atoms with Gasteiger partial charge in [0, 0.05) is 0 Å². The minimum absolute atomic E-state index is 0.604. The first-order valence-corrected chi connectivity index (χ1v) is 11.1. The van der Waals surface area contributed by atoms with Crippen LogP contribution in [0.3, 0.4) is 0 Å². The lowest BCUT2D eigenvalue weighted by Crippen LogP contribution is -1.92. The first kappa shape index (κ1) is 21.3. The molecule has 3 aromatic rings. The molecule has 0 aliphatic rings. The molecule has 0 aromatic heterocycles. The summed E-state index contributed by atoms with van der Waals surface area (Å²) >= 11 is 0. The molecule has 0 aliphatic carbocycles. The van der Waals surface area contributed by atoms with Gasteiger partial charge >= 0.3 is 0 Å². The summed E-state index contributed by atoms with van der Waals surface area (Å²) in [6, 6.07) is 25.5. The van der Waals surface area contributed by atoms with Crippen molar-refractivity contribution in [2.75, 3.05) is 0 Å². The average Bonchev–Trinajstić information content (AvgIpc) is 2.78. The van der Waals surface area contributed by atoms with Gasteiger partial charge in [0.1, 0.15) is 6.17 Å². The Labute approximate surface area is 175 Å². The van der Waals surface area contributed by atoms with E-state index in [1.165, 1.54) is 36.0 Å². The van der Waals surface area contributed by atoms with E-state index in [0.29, 0.717) is 6.42 Å². The second-order valence-electron chi connectivity index (χ2n) is 7.97. The lowest BCUT2D eigenvalue weighted by Gasteiger charge is -2.11. The normalized spacial score (nSPS) is 12.1. The van der Waals surface area contributed by atoms with Gasteiger partial charge in [0.2, 0.25) is 0 Å². The number of aryl methyl sites for hydroxylation is 1. The van der Waals surface area contributed by atoms with E-state index in [2.05, 4.69) is 68.4 Å². The van der Waals surface area contributed by atoms with Crippen LogP contribution < -0.4 is 0 Å². The third-order valence-electron chi connectivity index (χ3n) is 5.63. The van der Waals surface area contributed by atoms with Crippen LogP contribution in [-0.4, -0.2) is 0 Å². The zero-order valence-corrected chi connectivity index (χ0v) is 17.8. The summed E-state index contributed by atoms with van der Waals surface area (Å²) in [5, 5.41) is 0. The van der Waals surface area contributed by atoms with Gasteiger partial charge in [0.25, 0.3) is 0 Å². The summed E-state index contributed by atoms with van der Waals surface area (Å²) in [5.74, 6) is 0. The third-order valence-corrected chi connectivity index (χ3v) is 5.63. The molecule has 0 saturated heterocycles. The van der Waals surface area contributed by atoms with Gasteiger partial charge in [-0.2, -0.15) is 0 Å². The van der Waals surface area contributed by atoms with E-state index >= 15 is 0 Å². The minimum Gasteiger partial charge on any atom is -0.242 e. The molecule has 0 fully saturated rings. The second-order valence-corrected chi connectivity index (χ2v) is 7.97. The Balaban J connectivity index is 1.70. The number of unbranched alkanes of at least 4 members (excludes halogenated alkanes) is 3. The third kappa shape index (κ3) is 6.03. The molecule has 0 amide bonds. The molecule has 0 aliphatic heterocycles. The largest absolute Gasteiger partial charge is 0.242 e. The topological polar surface area (TPSA) is 0 Å². The Kier molecular flexibility index (Phi) is 8.04. The molecular formula is C28H33F. The highest BCUT2D eigenvalue weighted by molar-refractivity contribution is 5.70. The zero-order chi connectivity index (χ0) is 20.5. The number of halogens is 1. The molecule has 152 valence electrons. The summed E-state index contributed by atoms with van der Waals surface area (Å²) in [5.41, 5.74) is 6.89. The maximum absolute atomic E-state index is 14.4. The van der Waals surface area contributed by atoms with Crippen LogP contribution in [0.5, 0.6) is 0 Å². The molecule has 3 rings (SSSR count). The van der Waals surface area contributed by atoms with Gasteiger partial charge in [-0.05, 0) is 58.7 Å².